The Morgan fingerprint density at radius 2 is 1.42 bits per heavy atom. The van der Waals surface area contributed by atoms with E-state index >= 15 is 0 Å². The van der Waals surface area contributed by atoms with Crippen LogP contribution in [0.2, 0.25) is 0 Å². The van der Waals surface area contributed by atoms with Crippen LogP contribution in [0.3, 0.4) is 0 Å². The molecule has 0 spiro atoms. The molecule has 0 aliphatic carbocycles. The number of carboxylic acid groups (broad SMARTS) is 1. The molecule has 0 aromatic carbocycles. The third-order valence-corrected chi connectivity index (χ3v) is 5.26. The molecule has 0 saturated heterocycles. The summed E-state index contributed by atoms with van der Waals surface area (Å²) in [5.41, 5.74) is -2.09. The molecule has 0 rings (SSSR count). The van der Waals surface area contributed by atoms with Gasteiger partial charge >= 0.3 is 11.9 Å². The SMILES string of the molecule is C.C.C.C.CCC(C)(CC(C)(C)C(=O)O)C(=O)OCCOP(=O)([O-])OCC[N+](C)(C)C. The number of phosphoric ester groups is 1. The number of nitrogens with zero attached hydrogens (tertiary/aromatic N) is 1. The quantitative estimate of drug-likeness (QED) is 0.182. The van der Waals surface area contributed by atoms with Gasteiger partial charge in [0.2, 0.25) is 0 Å². The standard InChI is InChI=1S/C17H34NO8P.4CH4/c1-8-17(4,13-16(2,3)14(19)20)15(21)24-11-12-26-27(22,23)25-10-9-18(5,6)7;;;;/h8-13H2,1-7H3,(H-,19,20,22,23);4*1H4. The Morgan fingerprint density at radius 1 is 0.968 bits per heavy atom. The fourth-order valence-corrected chi connectivity index (χ4v) is 2.99. The minimum Gasteiger partial charge on any atom is -0.756 e. The van der Waals surface area contributed by atoms with Crippen LogP contribution >= 0.6 is 7.82 Å². The monoisotopic (exact) mass is 475 g/mol. The predicted molar refractivity (Wildman–Crippen MR) is 125 cm³/mol. The smallest absolute Gasteiger partial charge is 0.311 e. The van der Waals surface area contributed by atoms with Crippen molar-refractivity contribution in [2.24, 2.45) is 10.8 Å². The summed E-state index contributed by atoms with van der Waals surface area (Å²) in [5.74, 6) is -1.59. The molecule has 0 radical (unpaired) electrons. The van der Waals surface area contributed by atoms with Gasteiger partial charge in [-0.2, -0.15) is 0 Å². The number of hydrogen-bond donors (Lipinski definition) is 1. The van der Waals surface area contributed by atoms with Gasteiger partial charge in [0.05, 0.1) is 38.6 Å². The molecule has 31 heavy (non-hydrogen) atoms. The van der Waals surface area contributed by atoms with E-state index in [9.17, 15) is 24.2 Å². The first kappa shape index (κ1) is 40.4. The van der Waals surface area contributed by atoms with Gasteiger partial charge in [0.15, 0.2) is 0 Å². The maximum absolute atomic E-state index is 12.4. The molecular formula is C21H50NO8P. The molecule has 0 aromatic rings. The first-order valence-corrected chi connectivity index (χ1v) is 10.3. The van der Waals surface area contributed by atoms with E-state index in [2.05, 4.69) is 4.52 Å². The Hall–Kier alpha value is -0.990. The van der Waals surface area contributed by atoms with Crippen LogP contribution in [0.5, 0.6) is 0 Å². The molecule has 2 unspecified atom stereocenters. The summed E-state index contributed by atoms with van der Waals surface area (Å²) in [7, 11) is 1.23. The van der Waals surface area contributed by atoms with E-state index in [1.165, 1.54) is 0 Å². The first-order chi connectivity index (χ1) is 12.0. The summed E-state index contributed by atoms with van der Waals surface area (Å²) in [6, 6.07) is 0. The topological polar surface area (TPSA) is 122 Å². The van der Waals surface area contributed by atoms with Crippen molar-refractivity contribution in [2.45, 2.75) is 70.2 Å². The van der Waals surface area contributed by atoms with E-state index in [0.717, 1.165) is 0 Å². The van der Waals surface area contributed by atoms with Gasteiger partial charge in [0.25, 0.3) is 7.82 Å². The van der Waals surface area contributed by atoms with Crippen LogP contribution in [0.15, 0.2) is 0 Å². The molecule has 2 atom stereocenters. The second-order valence-corrected chi connectivity index (χ2v) is 9.95. The van der Waals surface area contributed by atoms with Crippen molar-refractivity contribution >= 4 is 19.8 Å². The minimum atomic E-state index is -4.46. The molecule has 0 saturated carbocycles. The van der Waals surface area contributed by atoms with Crippen molar-refractivity contribution in [3.63, 3.8) is 0 Å². The van der Waals surface area contributed by atoms with Crippen LogP contribution in [0.1, 0.15) is 70.2 Å². The van der Waals surface area contributed by atoms with Crippen molar-refractivity contribution in [1.82, 2.24) is 0 Å². The highest BCUT2D eigenvalue weighted by Crippen LogP contribution is 2.39. The highest BCUT2D eigenvalue weighted by molar-refractivity contribution is 7.45. The highest BCUT2D eigenvalue weighted by Gasteiger charge is 2.42. The molecule has 0 aromatic heterocycles. The number of carbonyl (C=O) groups is 2. The molecule has 192 valence electrons. The van der Waals surface area contributed by atoms with E-state index < -0.39 is 30.6 Å². The molecule has 0 heterocycles. The van der Waals surface area contributed by atoms with Gasteiger partial charge < -0.3 is 28.3 Å². The van der Waals surface area contributed by atoms with Gasteiger partial charge in [-0.05, 0) is 33.6 Å². The zero-order valence-electron chi connectivity index (χ0n) is 17.4. The molecule has 0 aliphatic heterocycles. The zero-order valence-corrected chi connectivity index (χ0v) is 18.3. The molecule has 0 bridgehead atoms. The van der Waals surface area contributed by atoms with Crippen LogP contribution in [0.4, 0.5) is 0 Å². The van der Waals surface area contributed by atoms with Crippen molar-refractivity contribution in [1.29, 1.82) is 0 Å². The summed E-state index contributed by atoms with van der Waals surface area (Å²) in [5, 5.41) is 9.25. The van der Waals surface area contributed by atoms with Crippen LogP contribution in [-0.4, -0.2) is 69.0 Å². The number of ether oxygens (including phenoxy) is 1. The van der Waals surface area contributed by atoms with Crippen molar-refractivity contribution < 1.29 is 42.4 Å². The van der Waals surface area contributed by atoms with E-state index in [0.29, 0.717) is 17.4 Å². The van der Waals surface area contributed by atoms with Crippen LogP contribution < -0.4 is 4.89 Å². The van der Waals surface area contributed by atoms with E-state index in [1.807, 2.05) is 21.1 Å². The molecule has 10 heteroatoms. The fourth-order valence-electron chi connectivity index (χ4n) is 2.31. The molecule has 0 aliphatic rings. The van der Waals surface area contributed by atoms with Crippen molar-refractivity contribution in [2.75, 3.05) is 47.5 Å². The number of phosphoric acid groups is 1. The number of rotatable bonds is 13. The number of carbonyl (C=O) groups excluding carboxylic acids is 1. The van der Waals surface area contributed by atoms with Gasteiger partial charge in [0, 0.05) is 0 Å². The molecule has 9 nitrogen and oxygen atoms in total. The maximum Gasteiger partial charge on any atom is 0.311 e. The van der Waals surface area contributed by atoms with Crippen molar-refractivity contribution in [3.05, 3.63) is 0 Å². The lowest BCUT2D eigenvalue weighted by molar-refractivity contribution is -0.870. The third-order valence-electron chi connectivity index (χ3n) is 4.26. The van der Waals surface area contributed by atoms with Crippen LogP contribution in [0, 0.1) is 10.8 Å². The average Bonchev–Trinajstić information content (AvgIpc) is 2.49. The van der Waals surface area contributed by atoms with Crippen LogP contribution in [-0.2, 0) is 27.9 Å². The van der Waals surface area contributed by atoms with Crippen molar-refractivity contribution in [3.8, 4) is 0 Å². The number of hydrogen-bond acceptors (Lipinski definition) is 7. The average molecular weight is 476 g/mol. The summed E-state index contributed by atoms with van der Waals surface area (Å²) in [6.07, 6.45) is 0.483. The largest absolute Gasteiger partial charge is 0.756 e. The first-order valence-electron chi connectivity index (χ1n) is 8.86. The number of likely N-dealkylation sites (N-methyl/N-ethyl adjacent to an activating group) is 1. The van der Waals surface area contributed by atoms with Gasteiger partial charge in [-0.1, -0.05) is 36.6 Å². The Bertz CT molecular complexity index is 560. The lowest BCUT2D eigenvalue weighted by Gasteiger charge is -2.32. The second kappa shape index (κ2) is 15.8. The number of esters is 1. The van der Waals surface area contributed by atoms with Crippen LogP contribution in [0.25, 0.3) is 0 Å². The Morgan fingerprint density at radius 3 is 1.81 bits per heavy atom. The van der Waals surface area contributed by atoms with Gasteiger partial charge in [-0.25, -0.2) is 0 Å². The van der Waals surface area contributed by atoms with Gasteiger partial charge in [0.1, 0.15) is 19.8 Å². The van der Waals surface area contributed by atoms with E-state index in [1.54, 1.807) is 27.7 Å². The highest BCUT2D eigenvalue weighted by atomic mass is 31.2. The third kappa shape index (κ3) is 16.3. The predicted octanol–water partition coefficient (Wildman–Crippen LogP) is 4.20. The second-order valence-electron chi connectivity index (χ2n) is 8.54. The summed E-state index contributed by atoms with van der Waals surface area (Å²) in [6.45, 7) is 6.32. The number of carboxylic acids is 1. The molecule has 1 N–H and O–H groups in total. The lowest BCUT2D eigenvalue weighted by atomic mass is 9.72. The zero-order chi connectivity index (χ0) is 21.5. The number of quaternary nitrogens is 1. The Labute approximate surface area is 191 Å². The van der Waals surface area contributed by atoms with E-state index in [-0.39, 0.29) is 55.9 Å². The summed E-state index contributed by atoms with van der Waals surface area (Å²) in [4.78, 5) is 35.3. The normalized spacial score (nSPS) is 14.8. The summed E-state index contributed by atoms with van der Waals surface area (Å²) < 4.78 is 26.7. The lowest BCUT2D eigenvalue weighted by Crippen LogP contribution is -2.38. The Balaban J connectivity index is -0.000000563. The molecular weight excluding hydrogens is 425 g/mol. The van der Waals surface area contributed by atoms with Gasteiger partial charge in [-0.3, -0.25) is 14.2 Å². The summed E-state index contributed by atoms with van der Waals surface area (Å²) >= 11 is 0. The molecule has 0 amide bonds. The van der Waals surface area contributed by atoms with E-state index in [4.69, 9.17) is 9.26 Å². The fraction of sp³-hybridized carbons (Fsp3) is 0.905. The van der Waals surface area contributed by atoms with Gasteiger partial charge in [-0.15, -0.1) is 0 Å². The molecule has 0 fully saturated rings. The maximum atomic E-state index is 12.4. The number of aliphatic carboxylic acids is 1. The Kier molecular flexibility index (Phi) is 20.5. The minimum absolute atomic E-state index is 0.